The third-order valence-corrected chi connectivity index (χ3v) is 3.48. The molecule has 1 aliphatic rings. The molecule has 1 aliphatic heterocycles. The Morgan fingerprint density at radius 3 is 2.73 bits per heavy atom. The van der Waals surface area contributed by atoms with Gasteiger partial charge in [0.25, 0.3) is 0 Å². The summed E-state index contributed by atoms with van der Waals surface area (Å²) in [7, 11) is 0. The lowest BCUT2D eigenvalue weighted by molar-refractivity contribution is 0.740. The standard InChI is InChI=1S/C11H15N3S/c1-7(2)10-13-9-8(15-10)5-11(3,4)6-12-14-9/h5-7H,1-4H3. The van der Waals surface area contributed by atoms with E-state index in [0.717, 1.165) is 15.0 Å². The molecule has 4 heteroatoms. The van der Waals surface area contributed by atoms with Crippen molar-refractivity contribution in [3.8, 4) is 0 Å². The maximum atomic E-state index is 4.48. The molecule has 0 spiro atoms. The van der Waals surface area contributed by atoms with Gasteiger partial charge in [-0.3, -0.25) is 0 Å². The molecule has 0 saturated carbocycles. The summed E-state index contributed by atoms with van der Waals surface area (Å²) in [5.74, 6) is 0.456. The van der Waals surface area contributed by atoms with Crippen LogP contribution in [-0.2, 0) is 0 Å². The zero-order chi connectivity index (χ0) is 11.1. The van der Waals surface area contributed by atoms with Crippen molar-refractivity contribution in [3.63, 3.8) is 0 Å². The first-order valence-electron chi connectivity index (χ1n) is 5.10. The molecule has 0 amide bonds. The average molecular weight is 221 g/mol. The van der Waals surface area contributed by atoms with Crippen LogP contribution in [0.25, 0.3) is 6.08 Å². The molecule has 0 atom stereocenters. The van der Waals surface area contributed by atoms with Crippen molar-refractivity contribution in [3.05, 3.63) is 15.0 Å². The van der Waals surface area contributed by atoms with Crippen molar-refractivity contribution >= 4 is 23.6 Å². The van der Waals surface area contributed by atoms with Gasteiger partial charge in [-0.2, -0.15) is 5.10 Å². The van der Waals surface area contributed by atoms with Gasteiger partial charge in [-0.1, -0.05) is 33.8 Å². The summed E-state index contributed by atoms with van der Waals surface area (Å²) in [5, 5.41) is 9.31. The summed E-state index contributed by atoms with van der Waals surface area (Å²) in [6.45, 7) is 8.53. The van der Waals surface area contributed by atoms with Gasteiger partial charge in [0.05, 0.1) is 9.54 Å². The van der Waals surface area contributed by atoms with Crippen LogP contribution in [0.3, 0.4) is 0 Å². The Morgan fingerprint density at radius 1 is 1.33 bits per heavy atom. The summed E-state index contributed by atoms with van der Waals surface area (Å²) in [5.41, 5.74) is 0.737. The van der Waals surface area contributed by atoms with Crippen LogP contribution in [0, 0.1) is 5.41 Å². The molecule has 0 radical (unpaired) electrons. The lowest BCUT2D eigenvalue weighted by Gasteiger charge is -2.09. The van der Waals surface area contributed by atoms with Gasteiger partial charge >= 0.3 is 0 Å². The van der Waals surface area contributed by atoms with Gasteiger partial charge in [0.15, 0.2) is 5.49 Å². The van der Waals surface area contributed by atoms with Gasteiger partial charge in [0.1, 0.15) is 0 Å². The predicted octanol–water partition coefficient (Wildman–Crippen LogP) is 1.69. The minimum atomic E-state index is -0.0322. The van der Waals surface area contributed by atoms with E-state index in [-0.39, 0.29) is 5.41 Å². The Hall–Kier alpha value is -1.03. The van der Waals surface area contributed by atoms with E-state index in [2.05, 4.69) is 49.0 Å². The van der Waals surface area contributed by atoms with Gasteiger partial charge in [-0.25, -0.2) is 4.98 Å². The molecule has 0 aromatic carbocycles. The van der Waals surface area contributed by atoms with Gasteiger partial charge < -0.3 is 0 Å². The first-order valence-corrected chi connectivity index (χ1v) is 5.91. The van der Waals surface area contributed by atoms with Gasteiger partial charge in [0.2, 0.25) is 0 Å². The number of thiazole rings is 1. The zero-order valence-corrected chi connectivity index (χ0v) is 10.3. The quantitative estimate of drug-likeness (QED) is 0.711. The summed E-state index contributed by atoms with van der Waals surface area (Å²) in [6, 6.07) is 0. The van der Waals surface area contributed by atoms with E-state index in [4.69, 9.17) is 0 Å². The first-order chi connectivity index (χ1) is 6.98. The molecule has 80 valence electrons. The molecule has 0 aliphatic carbocycles. The SMILES string of the molecule is CC(C)c1nc2c(s1)=CC(C)(C)C=NN=2. The first kappa shape index (κ1) is 10.5. The Balaban J connectivity index is 2.65. The fraction of sp³-hybridized carbons (Fsp3) is 0.545. The van der Waals surface area contributed by atoms with Crippen molar-refractivity contribution in [1.29, 1.82) is 0 Å². The smallest absolute Gasteiger partial charge is 0.192 e. The lowest BCUT2D eigenvalue weighted by Crippen LogP contribution is -2.22. The third kappa shape index (κ3) is 2.15. The van der Waals surface area contributed by atoms with Crippen molar-refractivity contribution in [2.75, 3.05) is 0 Å². The minimum Gasteiger partial charge on any atom is -0.220 e. The zero-order valence-electron chi connectivity index (χ0n) is 9.48. The fourth-order valence-corrected chi connectivity index (χ4v) is 2.49. The van der Waals surface area contributed by atoms with E-state index >= 15 is 0 Å². The Kier molecular flexibility index (Phi) is 2.46. The Morgan fingerprint density at radius 2 is 2.07 bits per heavy atom. The van der Waals surface area contributed by atoms with Crippen LogP contribution in [0.5, 0.6) is 0 Å². The molecule has 3 nitrogen and oxygen atoms in total. The van der Waals surface area contributed by atoms with Crippen molar-refractivity contribution in [2.45, 2.75) is 33.6 Å². The van der Waals surface area contributed by atoms with Gasteiger partial charge in [-0.05, 0) is 0 Å². The highest BCUT2D eigenvalue weighted by Crippen LogP contribution is 2.17. The number of nitrogens with zero attached hydrogens (tertiary/aromatic N) is 3. The molecule has 1 aromatic heterocycles. The second-order valence-corrected chi connectivity index (χ2v) is 5.77. The summed E-state index contributed by atoms with van der Waals surface area (Å²) >= 11 is 1.72. The molecule has 0 unspecified atom stereocenters. The summed E-state index contributed by atoms with van der Waals surface area (Å²) in [6.07, 6.45) is 4.04. The third-order valence-electron chi connectivity index (χ3n) is 2.19. The highest BCUT2D eigenvalue weighted by atomic mass is 32.1. The van der Waals surface area contributed by atoms with E-state index in [1.54, 1.807) is 11.3 Å². The molecule has 0 N–H and O–H groups in total. The molecular weight excluding hydrogens is 206 g/mol. The van der Waals surface area contributed by atoms with E-state index < -0.39 is 0 Å². The maximum Gasteiger partial charge on any atom is 0.192 e. The van der Waals surface area contributed by atoms with Crippen molar-refractivity contribution < 1.29 is 0 Å². The molecular formula is C11H15N3S. The highest BCUT2D eigenvalue weighted by Gasteiger charge is 2.15. The van der Waals surface area contributed by atoms with E-state index in [1.807, 2.05) is 6.21 Å². The van der Waals surface area contributed by atoms with Crippen LogP contribution in [0.4, 0.5) is 0 Å². The molecule has 0 fully saturated rings. The Labute approximate surface area is 93.3 Å². The largest absolute Gasteiger partial charge is 0.220 e. The van der Waals surface area contributed by atoms with Crippen LogP contribution in [0.15, 0.2) is 10.2 Å². The normalized spacial score (nSPS) is 17.9. The number of rotatable bonds is 1. The molecule has 1 aromatic rings. The molecule has 2 heterocycles. The fourth-order valence-electron chi connectivity index (χ4n) is 1.36. The average Bonchev–Trinajstić information content (AvgIpc) is 2.42. The molecule has 2 rings (SSSR count). The second-order valence-electron chi connectivity index (χ2n) is 4.70. The van der Waals surface area contributed by atoms with Crippen LogP contribution in [-0.4, -0.2) is 11.2 Å². The highest BCUT2D eigenvalue weighted by molar-refractivity contribution is 7.09. The van der Waals surface area contributed by atoms with Crippen LogP contribution >= 0.6 is 11.3 Å². The van der Waals surface area contributed by atoms with E-state index in [1.165, 1.54) is 0 Å². The number of hydrogen-bond donors (Lipinski definition) is 0. The second kappa shape index (κ2) is 3.52. The number of aromatic nitrogens is 1. The summed E-state index contributed by atoms with van der Waals surface area (Å²) in [4.78, 5) is 4.48. The predicted molar refractivity (Wildman–Crippen MR) is 63.7 cm³/mol. The summed E-state index contributed by atoms with van der Waals surface area (Å²) < 4.78 is 1.14. The van der Waals surface area contributed by atoms with Crippen LogP contribution in [0.2, 0.25) is 0 Å². The van der Waals surface area contributed by atoms with Crippen molar-refractivity contribution in [1.82, 2.24) is 4.98 Å². The van der Waals surface area contributed by atoms with Gasteiger partial charge in [0, 0.05) is 17.5 Å². The number of hydrogen-bond acceptors (Lipinski definition) is 4. The van der Waals surface area contributed by atoms with E-state index in [0.29, 0.717) is 5.92 Å². The molecule has 0 saturated heterocycles. The Bertz CT molecular complexity index is 508. The molecule has 15 heavy (non-hydrogen) atoms. The monoisotopic (exact) mass is 221 g/mol. The number of fused-ring (bicyclic) bond motifs is 1. The van der Waals surface area contributed by atoms with Crippen molar-refractivity contribution in [2.24, 2.45) is 15.6 Å². The van der Waals surface area contributed by atoms with Gasteiger partial charge in [-0.15, -0.1) is 16.4 Å². The van der Waals surface area contributed by atoms with Crippen LogP contribution < -0.4 is 10.0 Å². The topological polar surface area (TPSA) is 37.6 Å². The molecule has 0 bridgehead atoms. The van der Waals surface area contributed by atoms with Crippen LogP contribution in [0.1, 0.15) is 38.6 Å². The maximum absolute atomic E-state index is 4.48. The minimum absolute atomic E-state index is 0.0322. The lowest BCUT2D eigenvalue weighted by atomic mass is 9.95. The van der Waals surface area contributed by atoms with E-state index in [9.17, 15) is 0 Å².